The fraction of sp³-hybridized carbons (Fsp3) is 0.400. The standard InChI is InChI=1S/C15H19BrN2O2S/c1-5-10(2)13-6-8-14(9-7-13)21(19,20)18-12(4)15(16)11(3)17-18/h6-10H,5H2,1-4H3. The van der Waals surface area contributed by atoms with E-state index in [9.17, 15) is 8.42 Å². The van der Waals surface area contributed by atoms with Gasteiger partial charge in [-0.2, -0.15) is 17.6 Å². The van der Waals surface area contributed by atoms with Crippen LogP contribution in [0.25, 0.3) is 0 Å². The quantitative estimate of drug-likeness (QED) is 0.816. The molecule has 0 saturated carbocycles. The monoisotopic (exact) mass is 370 g/mol. The van der Waals surface area contributed by atoms with Gasteiger partial charge in [0.2, 0.25) is 0 Å². The highest BCUT2D eigenvalue weighted by Gasteiger charge is 2.22. The Hall–Kier alpha value is -1.14. The van der Waals surface area contributed by atoms with Crippen molar-refractivity contribution in [3.05, 3.63) is 45.7 Å². The Labute approximate surface area is 134 Å². The Bertz CT molecular complexity index is 749. The van der Waals surface area contributed by atoms with Crippen LogP contribution in [0.1, 0.15) is 43.1 Å². The van der Waals surface area contributed by atoms with Crippen molar-refractivity contribution in [2.45, 2.75) is 44.9 Å². The molecular formula is C15H19BrN2O2S. The average molecular weight is 371 g/mol. The predicted octanol–water partition coefficient (Wildman–Crippen LogP) is 4.01. The van der Waals surface area contributed by atoms with Gasteiger partial charge < -0.3 is 0 Å². The Kier molecular flexibility index (Phi) is 4.58. The fourth-order valence-electron chi connectivity index (χ4n) is 2.14. The van der Waals surface area contributed by atoms with Crippen LogP contribution in [0.3, 0.4) is 0 Å². The molecule has 1 unspecified atom stereocenters. The maximum atomic E-state index is 12.7. The molecule has 1 aromatic carbocycles. The van der Waals surface area contributed by atoms with Crippen LogP contribution in [0.5, 0.6) is 0 Å². The first-order chi connectivity index (χ1) is 9.78. The highest BCUT2D eigenvalue weighted by molar-refractivity contribution is 9.10. The smallest absolute Gasteiger partial charge is 0.199 e. The highest BCUT2D eigenvalue weighted by Crippen LogP contribution is 2.25. The van der Waals surface area contributed by atoms with Crippen LogP contribution in [-0.4, -0.2) is 17.6 Å². The predicted molar refractivity (Wildman–Crippen MR) is 87.1 cm³/mol. The van der Waals surface area contributed by atoms with Gasteiger partial charge in [-0.25, -0.2) is 0 Å². The molecule has 114 valence electrons. The second kappa shape index (κ2) is 5.93. The fourth-order valence-corrected chi connectivity index (χ4v) is 3.86. The van der Waals surface area contributed by atoms with Gasteiger partial charge in [-0.15, -0.1) is 0 Å². The molecule has 21 heavy (non-hydrogen) atoms. The van der Waals surface area contributed by atoms with Crippen molar-refractivity contribution in [1.29, 1.82) is 0 Å². The third-order valence-electron chi connectivity index (χ3n) is 3.75. The normalized spacial score (nSPS) is 13.4. The molecule has 2 aromatic rings. The first-order valence-corrected chi connectivity index (χ1v) is 9.09. The van der Waals surface area contributed by atoms with Gasteiger partial charge in [0.1, 0.15) is 0 Å². The molecule has 0 aliphatic rings. The van der Waals surface area contributed by atoms with Gasteiger partial charge >= 0.3 is 0 Å². The number of aromatic nitrogens is 2. The lowest BCUT2D eigenvalue weighted by molar-refractivity contribution is 0.577. The van der Waals surface area contributed by atoms with Crippen molar-refractivity contribution in [3.63, 3.8) is 0 Å². The number of nitrogens with zero attached hydrogens (tertiary/aromatic N) is 2. The SMILES string of the molecule is CCC(C)c1ccc(S(=O)(=O)n2nc(C)c(Br)c2C)cc1. The second-order valence-electron chi connectivity index (χ2n) is 5.21. The molecule has 1 atom stereocenters. The maximum Gasteiger partial charge on any atom is 0.283 e. The minimum Gasteiger partial charge on any atom is -0.199 e. The number of rotatable bonds is 4. The van der Waals surface area contributed by atoms with Gasteiger partial charge in [0, 0.05) is 0 Å². The number of hydrogen-bond donors (Lipinski definition) is 0. The van der Waals surface area contributed by atoms with Gasteiger partial charge in [0.05, 0.1) is 20.8 Å². The lowest BCUT2D eigenvalue weighted by Gasteiger charge is -2.11. The van der Waals surface area contributed by atoms with Gasteiger partial charge in [0.15, 0.2) is 0 Å². The summed E-state index contributed by atoms with van der Waals surface area (Å²) in [6, 6.07) is 7.06. The Morgan fingerprint density at radius 1 is 1.24 bits per heavy atom. The first-order valence-electron chi connectivity index (χ1n) is 6.86. The molecule has 0 radical (unpaired) electrons. The summed E-state index contributed by atoms with van der Waals surface area (Å²) < 4.78 is 27.1. The lowest BCUT2D eigenvalue weighted by atomic mass is 9.99. The van der Waals surface area contributed by atoms with Crippen LogP contribution in [0, 0.1) is 13.8 Å². The van der Waals surface area contributed by atoms with E-state index in [0.29, 0.717) is 17.3 Å². The zero-order valence-corrected chi connectivity index (χ0v) is 15.0. The first kappa shape index (κ1) is 16.2. The minimum atomic E-state index is -3.64. The van der Waals surface area contributed by atoms with Gasteiger partial charge in [-0.05, 0) is 59.8 Å². The summed E-state index contributed by atoms with van der Waals surface area (Å²) >= 11 is 3.36. The number of halogens is 1. The summed E-state index contributed by atoms with van der Waals surface area (Å²) in [7, 11) is -3.64. The third-order valence-corrected chi connectivity index (χ3v) is 6.58. The molecule has 2 rings (SSSR count). The van der Waals surface area contributed by atoms with E-state index >= 15 is 0 Å². The highest BCUT2D eigenvalue weighted by atomic mass is 79.9. The Morgan fingerprint density at radius 3 is 2.24 bits per heavy atom. The van der Waals surface area contributed by atoms with Crippen molar-refractivity contribution in [1.82, 2.24) is 9.19 Å². The van der Waals surface area contributed by atoms with Crippen LogP contribution in [0.4, 0.5) is 0 Å². The molecule has 0 aliphatic carbocycles. The molecule has 0 bridgehead atoms. The van der Waals surface area contributed by atoms with E-state index in [-0.39, 0.29) is 4.90 Å². The second-order valence-corrected chi connectivity index (χ2v) is 7.77. The number of benzene rings is 1. The average Bonchev–Trinajstić information content (AvgIpc) is 2.74. The van der Waals surface area contributed by atoms with Crippen molar-refractivity contribution in [2.24, 2.45) is 0 Å². The molecule has 4 nitrogen and oxygen atoms in total. The molecule has 1 heterocycles. The number of aryl methyl sites for hydroxylation is 1. The van der Waals surface area contributed by atoms with E-state index in [1.807, 2.05) is 12.1 Å². The topological polar surface area (TPSA) is 52.0 Å². The van der Waals surface area contributed by atoms with E-state index in [0.717, 1.165) is 20.5 Å². The van der Waals surface area contributed by atoms with Gasteiger partial charge in [-0.1, -0.05) is 26.0 Å². The molecule has 1 aromatic heterocycles. The van der Waals surface area contributed by atoms with Gasteiger partial charge in [-0.3, -0.25) is 0 Å². The van der Waals surface area contributed by atoms with Crippen LogP contribution in [-0.2, 0) is 10.0 Å². The molecule has 6 heteroatoms. The summed E-state index contributed by atoms with van der Waals surface area (Å²) in [6.45, 7) is 7.74. The summed E-state index contributed by atoms with van der Waals surface area (Å²) in [5.41, 5.74) is 2.39. The number of hydrogen-bond acceptors (Lipinski definition) is 3. The maximum absolute atomic E-state index is 12.7. The van der Waals surface area contributed by atoms with Crippen LogP contribution < -0.4 is 0 Å². The third kappa shape index (κ3) is 2.92. The van der Waals surface area contributed by atoms with E-state index in [1.54, 1.807) is 26.0 Å². The molecule has 0 amide bonds. The minimum absolute atomic E-state index is 0.257. The van der Waals surface area contributed by atoms with Crippen molar-refractivity contribution in [3.8, 4) is 0 Å². The zero-order valence-electron chi connectivity index (χ0n) is 12.6. The summed E-state index contributed by atoms with van der Waals surface area (Å²) in [4.78, 5) is 0.257. The molecule has 0 aliphatic heterocycles. The van der Waals surface area contributed by atoms with E-state index in [2.05, 4.69) is 34.9 Å². The summed E-state index contributed by atoms with van der Waals surface area (Å²) in [6.07, 6.45) is 1.02. The Morgan fingerprint density at radius 2 is 1.81 bits per heavy atom. The summed E-state index contributed by atoms with van der Waals surface area (Å²) in [5.74, 6) is 0.421. The molecule has 0 spiro atoms. The van der Waals surface area contributed by atoms with Crippen LogP contribution in [0.15, 0.2) is 33.6 Å². The van der Waals surface area contributed by atoms with E-state index in [4.69, 9.17) is 0 Å². The van der Waals surface area contributed by atoms with E-state index < -0.39 is 10.0 Å². The van der Waals surface area contributed by atoms with Crippen molar-refractivity contribution >= 4 is 26.0 Å². The molecular weight excluding hydrogens is 352 g/mol. The summed E-state index contributed by atoms with van der Waals surface area (Å²) in [5, 5.41) is 4.11. The molecule has 0 fully saturated rings. The zero-order chi connectivity index (χ0) is 15.8. The van der Waals surface area contributed by atoms with Crippen molar-refractivity contribution in [2.75, 3.05) is 0 Å². The van der Waals surface area contributed by atoms with Crippen LogP contribution >= 0.6 is 15.9 Å². The Balaban J connectivity index is 2.47. The molecule has 0 N–H and O–H groups in total. The van der Waals surface area contributed by atoms with Gasteiger partial charge in [0.25, 0.3) is 10.0 Å². The van der Waals surface area contributed by atoms with E-state index in [1.165, 1.54) is 0 Å². The lowest BCUT2D eigenvalue weighted by Crippen LogP contribution is -2.16. The van der Waals surface area contributed by atoms with Crippen molar-refractivity contribution < 1.29 is 8.42 Å². The van der Waals surface area contributed by atoms with Crippen LogP contribution in [0.2, 0.25) is 0 Å². The largest absolute Gasteiger partial charge is 0.283 e. The molecule has 0 saturated heterocycles.